The van der Waals surface area contributed by atoms with Crippen molar-refractivity contribution in [1.29, 1.82) is 0 Å². The molecular formula is C20H15ClFNO3S. The average molecular weight is 404 g/mol. The van der Waals surface area contributed by atoms with E-state index in [2.05, 4.69) is 4.72 Å². The number of hydrogen-bond acceptors (Lipinski definition) is 3. The number of Topliss-reactive ketones (excluding diaryl/α,β-unsaturated/α-hetero) is 1. The first-order valence-electron chi connectivity index (χ1n) is 8.01. The summed E-state index contributed by atoms with van der Waals surface area (Å²) in [4.78, 5) is 11.5. The van der Waals surface area contributed by atoms with E-state index >= 15 is 0 Å². The molecule has 0 aromatic heterocycles. The zero-order valence-electron chi connectivity index (χ0n) is 14.0. The van der Waals surface area contributed by atoms with Gasteiger partial charge < -0.3 is 0 Å². The lowest BCUT2D eigenvalue weighted by Crippen LogP contribution is -2.30. The van der Waals surface area contributed by atoms with Crippen LogP contribution in [-0.4, -0.2) is 20.7 Å². The third kappa shape index (κ3) is 4.42. The quantitative estimate of drug-likeness (QED) is 0.624. The molecule has 3 aromatic rings. The number of sulfonamides is 1. The van der Waals surface area contributed by atoms with Crippen molar-refractivity contribution >= 4 is 27.4 Å². The van der Waals surface area contributed by atoms with Gasteiger partial charge in [0.25, 0.3) is 0 Å². The number of hydrogen-bond donors (Lipinski definition) is 1. The highest BCUT2D eigenvalue weighted by Gasteiger charge is 2.23. The molecule has 0 spiro atoms. The topological polar surface area (TPSA) is 63.2 Å². The van der Waals surface area contributed by atoms with Crippen LogP contribution >= 0.6 is 11.6 Å². The molecule has 0 saturated heterocycles. The van der Waals surface area contributed by atoms with Crippen LogP contribution in [0.3, 0.4) is 0 Å². The maximum Gasteiger partial charge on any atom is 0.243 e. The number of carbonyl (C=O) groups is 1. The molecule has 0 amide bonds. The van der Waals surface area contributed by atoms with Crippen LogP contribution in [0.1, 0.15) is 10.4 Å². The van der Waals surface area contributed by atoms with Gasteiger partial charge in [0.1, 0.15) is 4.90 Å². The number of benzene rings is 3. The largest absolute Gasteiger partial charge is 0.293 e. The van der Waals surface area contributed by atoms with Gasteiger partial charge in [-0.3, -0.25) is 4.79 Å². The van der Waals surface area contributed by atoms with Gasteiger partial charge in [-0.25, -0.2) is 17.5 Å². The van der Waals surface area contributed by atoms with Crippen LogP contribution < -0.4 is 4.72 Å². The van der Waals surface area contributed by atoms with Crippen LogP contribution in [0, 0.1) is 5.82 Å². The Morgan fingerprint density at radius 3 is 2.15 bits per heavy atom. The fourth-order valence-corrected chi connectivity index (χ4v) is 3.90. The molecule has 0 saturated carbocycles. The van der Waals surface area contributed by atoms with Crippen LogP contribution in [0.5, 0.6) is 0 Å². The van der Waals surface area contributed by atoms with Crippen molar-refractivity contribution in [3.63, 3.8) is 0 Å². The fourth-order valence-electron chi connectivity index (χ4n) is 2.52. The van der Waals surface area contributed by atoms with Crippen molar-refractivity contribution < 1.29 is 17.6 Å². The molecule has 27 heavy (non-hydrogen) atoms. The molecule has 0 atom stereocenters. The first-order chi connectivity index (χ1) is 12.9. The van der Waals surface area contributed by atoms with Crippen LogP contribution in [-0.2, 0) is 10.0 Å². The fraction of sp³-hybridized carbons (Fsp3) is 0.0500. The summed E-state index contributed by atoms with van der Waals surface area (Å²) in [6.45, 7) is -0.487. The Morgan fingerprint density at radius 2 is 1.52 bits per heavy atom. The molecule has 0 aliphatic rings. The monoisotopic (exact) mass is 403 g/mol. The minimum absolute atomic E-state index is 0.314. The van der Waals surface area contributed by atoms with E-state index in [-0.39, 0.29) is 5.02 Å². The number of ketones is 1. The van der Waals surface area contributed by atoms with Gasteiger partial charge in [0.05, 0.1) is 11.6 Å². The summed E-state index contributed by atoms with van der Waals surface area (Å²) in [5, 5.41) is -0.314. The third-order valence-electron chi connectivity index (χ3n) is 3.91. The van der Waals surface area contributed by atoms with Gasteiger partial charge in [0.15, 0.2) is 11.6 Å². The molecule has 3 aromatic carbocycles. The van der Waals surface area contributed by atoms with Gasteiger partial charge in [-0.05, 0) is 23.3 Å². The van der Waals surface area contributed by atoms with E-state index in [0.29, 0.717) is 16.7 Å². The van der Waals surface area contributed by atoms with Crippen molar-refractivity contribution in [2.24, 2.45) is 0 Å². The molecule has 0 fully saturated rings. The molecule has 1 N–H and O–H groups in total. The summed E-state index contributed by atoms with van der Waals surface area (Å²) < 4.78 is 41.7. The first kappa shape index (κ1) is 19.2. The van der Waals surface area contributed by atoms with Crippen LogP contribution in [0.2, 0.25) is 5.02 Å². The molecule has 0 aliphatic carbocycles. The molecule has 0 aliphatic heterocycles. The van der Waals surface area contributed by atoms with E-state index in [4.69, 9.17) is 11.6 Å². The summed E-state index contributed by atoms with van der Waals surface area (Å²) in [7, 11) is -4.28. The number of rotatable bonds is 6. The molecule has 0 bridgehead atoms. The molecule has 0 unspecified atom stereocenters. The van der Waals surface area contributed by atoms with Gasteiger partial charge in [-0.2, -0.15) is 0 Å². The van der Waals surface area contributed by atoms with E-state index in [1.807, 2.05) is 6.07 Å². The van der Waals surface area contributed by atoms with Gasteiger partial charge >= 0.3 is 0 Å². The number of nitrogens with one attached hydrogen (secondary N) is 1. The van der Waals surface area contributed by atoms with E-state index in [9.17, 15) is 17.6 Å². The Labute approximate surface area is 161 Å². The molecule has 7 heteroatoms. The standard InChI is InChI=1S/C20H15ClFNO3S/c21-17-11-16(14-7-3-1-4-8-14)12-19(20(17)22)27(25,26)23-13-18(24)15-9-5-2-6-10-15/h1-12,23H,13H2. The summed E-state index contributed by atoms with van der Waals surface area (Å²) in [6.07, 6.45) is 0. The highest BCUT2D eigenvalue weighted by molar-refractivity contribution is 7.89. The smallest absolute Gasteiger partial charge is 0.243 e. The summed E-state index contributed by atoms with van der Waals surface area (Å²) >= 11 is 5.90. The van der Waals surface area contributed by atoms with Crippen molar-refractivity contribution in [3.8, 4) is 11.1 Å². The summed E-state index contributed by atoms with van der Waals surface area (Å²) in [5.41, 5.74) is 1.50. The Kier molecular flexibility index (Phi) is 5.70. The van der Waals surface area contributed by atoms with Gasteiger partial charge in [-0.15, -0.1) is 0 Å². The van der Waals surface area contributed by atoms with Gasteiger partial charge in [0, 0.05) is 5.56 Å². The predicted molar refractivity (Wildman–Crippen MR) is 103 cm³/mol. The molecule has 138 valence electrons. The number of halogens is 2. The summed E-state index contributed by atoms with van der Waals surface area (Å²) in [6, 6.07) is 19.7. The second kappa shape index (κ2) is 8.00. The van der Waals surface area contributed by atoms with Crippen molar-refractivity contribution in [1.82, 2.24) is 4.72 Å². The average Bonchev–Trinajstić information content (AvgIpc) is 2.69. The number of carbonyl (C=O) groups excluding carboxylic acids is 1. The Morgan fingerprint density at radius 1 is 0.926 bits per heavy atom. The summed E-state index contributed by atoms with van der Waals surface area (Å²) in [5.74, 6) is -1.49. The SMILES string of the molecule is O=C(CNS(=O)(=O)c1cc(-c2ccccc2)cc(Cl)c1F)c1ccccc1. The molecule has 4 nitrogen and oxygen atoms in total. The van der Waals surface area contributed by atoms with Crippen molar-refractivity contribution in [3.05, 3.63) is 89.2 Å². The second-order valence-electron chi connectivity index (χ2n) is 5.75. The van der Waals surface area contributed by atoms with Crippen molar-refractivity contribution in [2.45, 2.75) is 4.90 Å². The minimum atomic E-state index is -4.28. The van der Waals surface area contributed by atoms with Crippen molar-refractivity contribution in [2.75, 3.05) is 6.54 Å². The lowest BCUT2D eigenvalue weighted by Gasteiger charge is -2.11. The Hall–Kier alpha value is -2.54. The zero-order chi connectivity index (χ0) is 19.4. The Balaban J connectivity index is 1.90. The molecular weight excluding hydrogens is 389 g/mol. The predicted octanol–water partition coefficient (Wildman–Crippen LogP) is 4.31. The lowest BCUT2D eigenvalue weighted by atomic mass is 10.1. The maximum absolute atomic E-state index is 14.4. The Bertz CT molecular complexity index is 1070. The van der Waals surface area contributed by atoms with E-state index < -0.39 is 33.1 Å². The van der Waals surface area contributed by atoms with Crippen LogP contribution in [0.4, 0.5) is 4.39 Å². The normalized spacial score (nSPS) is 11.3. The highest BCUT2D eigenvalue weighted by Crippen LogP contribution is 2.30. The van der Waals surface area contributed by atoms with E-state index in [1.165, 1.54) is 12.1 Å². The molecule has 0 heterocycles. The van der Waals surface area contributed by atoms with E-state index in [0.717, 1.165) is 0 Å². The first-order valence-corrected chi connectivity index (χ1v) is 9.87. The van der Waals surface area contributed by atoms with E-state index in [1.54, 1.807) is 54.6 Å². The van der Waals surface area contributed by atoms with Gasteiger partial charge in [0.2, 0.25) is 10.0 Å². The lowest BCUT2D eigenvalue weighted by molar-refractivity contribution is 0.0997. The second-order valence-corrected chi connectivity index (χ2v) is 7.89. The zero-order valence-corrected chi connectivity index (χ0v) is 15.6. The van der Waals surface area contributed by atoms with Gasteiger partial charge in [-0.1, -0.05) is 72.3 Å². The maximum atomic E-state index is 14.4. The molecule has 0 radical (unpaired) electrons. The van der Waals surface area contributed by atoms with Crippen LogP contribution in [0.15, 0.2) is 77.7 Å². The third-order valence-corrected chi connectivity index (χ3v) is 5.59. The minimum Gasteiger partial charge on any atom is -0.293 e. The highest BCUT2D eigenvalue weighted by atomic mass is 35.5. The van der Waals surface area contributed by atoms with Crippen LogP contribution in [0.25, 0.3) is 11.1 Å². The molecule has 3 rings (SSSR count).